The molecule has 6 aromatic heterocycles. The Balaban J connectivity index is 0.000000227. The molecular formula is C91H65BrN8O4S4. The highest BCUT2D eigenvalue weighted by Crippen LogP contribution is 2.27. The van der Waals surface area contributed by atoms with Gasteiger partial charge in [-0.3, -0.25) is 24.2 Å². The van der Waals surface area contributed by atoms with E-state index in [0.717, 1.165) is 95.6 Å². The second-order valence-electron chi connectivity index (χ2n) is 21.5. The fourth-order valence-electron chi connectivity index (χ4n) is 8.85. The maximum Gasteiger partial charge on any atom is 0.291 e. The van der Waals surface area contributed by atoms with E-state index in [1.54, 1.807) is 40.5 Å². The molecule has 0 spiro atoms. The zero-order valence-corrected chi connectivity index (χ0v) is 65.2. The first-order chi connectivity index (χ1) is 52.2. The van der Waals surface area contributed by atoms with E-state index in [9.17, 15) is 19.2 Å². The molecule has 12 aromatic rings. The van der Waals surface area contributed by atoms with Crippen molar-refractivity contribution in [3.05, 3.63) is 433 Å². The third-order valence-corrected chi connectivity index (χ3v) is 18.3. The van der Waals surface area contributed by atoms with Gasteiger partial charge in [0.15, 0.2) is 5.52 Å². The highest BCUT2D eigenvalue weighted by atomic mass is 79.9. The Hall–Kier alpha value is -14.1. The number of aromatic nitrogens is 7. The molecule has 0 bridgehead atoms. The average Bonchev–Trinajstić information content (AvgIpc) is 1.66. The maximum absolute atomic E-state index is 12.5. The van der Waals surface area contributed by atoms with E-state index in [2.05, 4.69) is 276 Å². The Morgan fingerprint density at radius 2 is 0.769 bits per heavy atom. The minimum Gasteiger partial charge on any atom is -0.267 e. The molecule has 108 heavy (non-hydrogen) atoms. The zero-order chi connectivity index (χ0) is 78.8. The Kier molecular flexibility index (Phi) is 35.9. The summed E-state index contributed by atoms with van der Waals surface area (Å²) in [4.78, 5) is 65.0. The van der Waals surface area contributed by atoms with Crippen molar-refractivity contribution in [1.82, 2.24) is 30.8 Å². The number of fused-ring (bicyclic) bond motifs is 4. The average molecular weight is 1540 g/mol. The van der Waals surface area contributed by atoms with Crippen molar-refractivity contribution in [2.24, 2.45) is 4.99 Å². The van der Waals surface area contributed by atoms with Crippen LogP contribution in [0.3, 0.4) is 0 Å². The number of rotatable bonds is 5. The van der Waals surface area contributed by atoms with Crippen LogP contribution in [0.15, 0.2) is 371 Å². The van der Waals surface area contributed by atoms with Crippen molar-refractivity contribution in [2.75, 3.05) is 0 Å². The van der Waals surface area contributed by atoms with Gasteiger partial charge in [0.2, 0.25) is 0 Å². The first kappa shape index (κ1) is 84.6. The van der Waals surface area contributed by atoms with Crippen LogP contribution in [0.4, 0.5) is 0 Å². The first-order valence-corrected chi connectivity index (χ1v) is 35.6. The summed E-state index contributed by atoms with van der Waals surface area (Å²) in [5.41, 5.74) is 71.5. The van der Waals surface area contributed by atoms with Gasteiger partial charge in [-0.2, -0.15) is 0 Å². The summed E-state index contributed by atoms with van der Waals surface area (Å²) in [6.45, 7) is 42.4. The van der Waals surface area contributed by atoms with Crippen LogP contribution in [0.5, 0.6) is 0 Å². The van der Waals surface area contributed by atoms with Gasteiger partial charge < -0.3 is 0 Å². The minimum atomic E-state index is -0.0777. The number of hydrogen-bond acceptors (Lipinski definition) is 12. The first-order valence-electron chi connectivity index (χ1n) is 31.7. The lowest BCUT2D eigenvalue weighted by molar-refractivity contribution is 1.10. The fraction of sp³-hybridized carbons (Fsp3) is 0.0879. The normalized spacial score (nSPS) is 8.68. The molecular weight excluding hydrogens is 1480 g/mol. The van der Waals surface area contributed by atoms with Gasteiger partial charge in [-0.1, -0.05) is 140 Å². The van der Waals surface area contributed by atoms with Crippen LogP contribution in [0.2, 0.25) is 0 Å². The monoisotopic (exact) mass is 1540 g/mol. The Bertz CT molecular complexity index is 6430. The summed E-state index contributed by atoms with van der Waals surface area (Å²) < 4.78 is 11.7. The van der Waals surface area contributed by atoms with Crippen molar-refractivity contribution < 1.29 is 0 Å². The Morgan fingerprint density at radius 3 is 1.21 bits per heavy atom. The number of benzene rings is 6. The highest BCUT2D eigenvalue weighted by molar-refractivity contribution is 9.10. The predicted octanol–water partition coefficient (Wildman–Crippen LogP) is 20.7. The topological polar surface area (TPSA) is 139 Å². The van der Waals surface area contributed by atoms with E-state index in [1.807, 2.05) is 126 Å². The molecule has 6 heterocycles. The van der Waals surface area contributed by atoms with Crippen molar-refractivity contribution >= 4 is 108 Å². The largest absolute Gasteiger partial charge is 0.291 e. The number of aliphatic imine (C=N–C) groups is 1. The molecule has 17 heteroatoms. The molecule has 0 amide bonds. The van der Waals surface area contributed by atoms with Gasteiger partial charge in [-0.25, -0.2) is 30.8 Å². The van der Waals surface area contributed by atoms with Gasteiger partial charge in [0, 0.05) is 46.6 Å². The van der Waals surface area contributed by atoms with E-state index < -0.39 is 0 Å². The third-order valence-electron chi connectivity index (χ3n) is 13.5. The molecule has 12 nitrogen and oxygen atoms in total. The lowest BCUT2D eigenvalue weighted by Crippen LogP contribution is -2.12. The summed E-state index contributed by atoms with van der Waals surface area (Å²) in [5, 5.41) is 2.30. The second-order valence-corrected chi connectivity index (χ2v) is 26.4. The molecule has 0 saturated heterocycles. The smallest absolute Gasteiger partial charge is 0.267 e. The molecule has 0 aliphatic rings. The molecule has 524 valence electrons. The molecule has 0 aliphatic heterocycles. The second kappa shape index (κ2) is 45.8. The molecule has 0 unspecified atom stereocenters. The van der Waals surface area contributed by atoms with Crippen molar-refractivity contribution in [3.63, 3.8) is 0 Å². The van der Waals surface area contributed by atoms with Crippen molar-refractivity contribution in [2.45, 2.75) is 55.4 Å². The van der Waals surface area contributed by atoms with E-state index in [-0.39, 0.29) is 22.2 Å². The quantitative estimate of drug-likeness (QED) is 0.123. The van der Waals surface area contributed by atoms with Crippen LogP contribution in [-0.2, 0) is 0 Å². The molecule has 0 radical (unpaired) electrons. The van der Waals surface area contributed by atoms with Crippen LogP contribution in [0.1, 0.15) is 44.5 Å². The van der Waals surface area contributed by atoms with Crippen LogP contribution in [0, 0.1) is 55.4 Å². The van der Waals surface area contributed by atoms with E-state index >= 15 is 0 Å². The Morgan fingerprint density at radius 1 is 0.380 bits per heavy atom. The summed E-state index contributed by atoms with van der Waals surface area (Å²) in [5.74, 6) is 2.39. The van der Waals surface area contributed by atoms with Crippen LogP contribution >= 0.6 is 62.1 Å². The summed E-state index contributed by atoms with van der Waals surface area (Å²) in [7, 11) is 0. The van der Waals surface area contributed by atoms with Gasteiger partial charge in [-0.05, 0) is 322 Å². The van der Waals surface area contributed by atoms with Gasteiger partial charge >= 0.3 is 0 Å². The van der Waals surface area contributed by atoms with Crippen LogP contribution < -0.4 is 22.2 Å². The highest BCUT2D eigenvalue weighted by Gasteiger charge is 2.15. The van der Waals surface area contributed by atoms with E-state index in [1.165, 1.54) is 69.8 Å². The standard InChI is InChI=1S/C15H12BrNOS.C15H13NOS.C14H12N2OS.C13H11N3OS.C9H5N.C9H4.2C8H4/c1-9-3-4-10(2)13(7-9)17-15(18)12-6-5-11(16)8-14(12)19-17;1-10-7-11(2)9-12(8-10)16-15(17)13-5-3-4-6-14(13)18-16;1-9-3-4-10(2)12(7-9)16-14(17)11-5-6-15-8-13(11)18-16;1-8-3-4-9(2)10(5-8)16-13(17)12-11(18-16)6-14-7-15-12;1-3-5-6-7-8-9-10-4-2;1-3-5-7-9-8-6-4-2;2*1-3-5-7-8-6-4-2/h3-8H,1-2H3;3-9H,1-2H3;3-8H,1-2H3;3-7H,1-2H3;4H,1-2H2;1-2H2;2*1-2H2. The molecule has 12 rings (SSSR count). The number of nitrogens with zero attached hydrogens (tertiary/aromatic N) is 8. The zero-order valence-electron chi connectivity index (χ0n) is 60.3. The van der Waals surface area contributed by atoms with E-state index in [4.69, 9.17) is 0 Å². The van der Waals surface area contributed by atoms with Crippen molar-refractivity contribution in [1.29, 1.82) is 0 Å². The van der Waals surface area contributed by atoms with Crippen molar-refractivity contribution in [3.8, 4) is 22.7 Å². The summed E-state index contributed by atoms with van der Waals surface area (Å²) >= 11 is 9.25. The molecule has 0 N–H and O–H groups in total. The van der Waals surface area contributed by atoms with Gasteiger partial charge in [0.1, 0.15) is 6.33 Å². The molecule has 6 aromatic carbocycles. The number of pyridine rings is 1. The SMILES string of the molecule is C=C=C=C=C=C=C=C.C=C=C=C=C=C=C=C.C=C=C=C=C=C=C=C=C.C=C=C=C=C=C=C=NC=C.Cc1cc(C)cc(-n2sc3ccccc3c2=O)c1.Cc1ccc(C)c(-n2sc3cc(Br)ccc3c2=O)c1.Cc1ccc(C)c(-n2sc3cnccc3c2=O)c1.Cc1ccc(C)c(-n2sc3cncnc3c2=O)c1. The minimum absolute atomic E-state index is 0.0334. The van der Waals surface area contributed by atoms with Crippen LogP contribution in [-0.4, -0.2) is 36.6 Å². The predicted molar refractivity (Wildman–Crippen MR) is 450 cm³/mol. The Labute approximate surface area is 650 Å². The molecule has 0 atom stereocenters. The summed E-state index contributed by atoms with van der Waals surface area (Å²) in [6, 6.07) is 39.9. The molecule has 0 aliphatic carbocycles. The van der Waals surface area contributed by atoms with Gasteiger partial charge in [0.05, 0.1) is 57.7 Å². The van der Waals surface area contributed by atoms with E-state index in [0.29, 0.717) is 5.52 Å². The third kappa shape index (κ3) is 26.3. The molecule has 0 saturated carbocycles. The fourth-order valence-corrected chi connectivity index (χ4v) is 13.5. The van der Waals surface area contributed by atoms with Gasteiger partial charge in [0.25, 0.3) is 22.2 Å². The lowest BCUT2D eigenvalue weighted by atomic mass is 10.1. The maximum atomic E-state index is 12.5. The lowest BCUT2D eigenvalue weighted by Gasteiger charge is -2.05. The number of hydrogen-bond donors (Lipinski definition) is 0. The number of halogens is 1. The molecule has 0 fully saturated rings. The van der Waals surface area contributed by atoms with Crippen LogP contribution in [0.25, 0.3) is 63.2 Å². The number of aryl methyl sites for hydroxylation is 8. The van der Waals surface area contributed by atoms with Gasteiger partial charge in [-0.15, -0.1) is 0 Å². The summed E-state index contributed by atoms with van der Waals surface area (Å²) in [6.07, 6.45) is 7.83.